The number of likely N-dealkylation sites (tertiary alicyclic amines) is 1. The topological polar surface area (TPSA) is 100 Å². The molecule has 33 heavy (non-hydrogen) atoms. The van der Waals surface area contributed by atoms with Gasteiger partial charge in [0.25, 0.3) is 5.91 Å². The van der Waals surface area contributed by atoms with Gasteiger partial charge in [0, 0.05) is 12.6 Å². The summed E-state index contributed by atoms with van der Waals surface area (Å²) in [6, 6.07) is 11.1. The molecule has 0 bridgehead atoms. The molecule has 1 saturated heterocycles. The smallest absolute Gasteiger partial charge is 0.253 e. The number of thiophene rings is 1. The first-order valence-corrected chi connectivity index (χ1v) is 12.2. The Balaban J connectivity index is 1.37. The first kappa shape index (κ1) is 23.1. The highest BCUT2D eigenvalue weighted by molar-refractivity contribution is 7.13. The molecule has 9 heteroatoms. The molecular weight excluding hydrogens is 438 g/mol. The predicted octanol–water partition coefficient (Wildman–Crippen LogP) is 4.18. The van der Waals surface area contributed by atoms with Crippen molar-refractivity contribution >= 4 is 28.8 Å². The number of hydrogen-bond donors (Lipinski definition) is 2. The van der Waals surface area contributed by atoms with Crippen molar-refractivity contribution in [2.45, 2.75) is 45.7 Å². The van der Waals surface area contributed by atoms with Crippen molar-refractivity contribution in [3.05, 3.63) is 53.2 Å². The molecule has 2 amide bonds. The number of carbonyl (C=O) groups excluding carboxylic acids is 2. The fourth-order valence-corrected chi connectivity index (χ4v) is 4.51. The fourth-order valence-electron chi connectivity index (χ4n) is 3.86. The van der Waals surface area contributed by atoms with Gasteiger partial charge in [0.15, 0.2) is 0 Å². The standard InChI is InChI=1S/C24H29N5O3S/c1-3-16(2)25-24(31)18-9-4-5-10-19(18)26-23(30)17-8-6-12-29(14-17)15-21-27-22(28-32-21)20-11-7-13-33-20/h4-5,7,9-11,13,16-17H,3,6,8,12,14-15H2,1-2H3,(H,25,31)(H,26,30). The lowest BCUT2D eigenvalue weighted by atomic mass is 9.96. The Morgan fingerprint density at radius 3 is 2.91 bits per heavy atom. The Kier molecular flexibility index (Phi) is 7.51. The van der Waals surface area contributed by atoms with Gasteiger partial charge in [-0.25, -0.2) is 0 Å². The van der Waals surface area contributed by atoms with E-state index >= 15 is 0 Å². The molecule has 0 saturated carbocycles. The monoisotopic (exact) mass is 467 g/mol. The third-order valence-electron chi connectivity index (χ3n) is 5.86. The summed E-state index contributed by atoms with van der Waals surface area (Å²) in [5.74, 6) is 0.714. The highest BCUT2D eigenvalue weighted by Crippen LogP contribution is 2.24. The highest BCUT2D eigenvalue weighted by atomic mass is 32.1. The number of aromatic nitrogens is 2. The van der Waals surface area contributed by atoms with E-state index in [2.05, 4.69) is 25.7 Å². The van der Waals surface area contributed by atoms with Crippen molar-refractivity contribution in [3.8, 4) is 10.7 Å². The van der Waals surface area contributed by atoms with Crippen LogP contribution in [0.2, 0.25) is 0 Å². The number of amides is 2. The van der Waals surface area contributed by atoms with Crippen molar-refractivity contribution in [2.75, 3.05) is 18.4 Å². The van der Waals surface area contributed by atoms with Crippen molar-refractivity contribution in [1.29, 1.82) is 0 Å². The van der Waals surface area contributed by atoms with E-state index in [0.29, 0.717) is 36.1 Å². The second kappa shape index (κ2) is 10.7. The molecule has 0 spiro atoms. The summed E-state index contributed by atoms with van der Waals surface area (Å²) in [5.41, 5.74) is 1.02. The minimum Gasteiger partial charge on any atom is -0.350 e. The quantitative estimate of drug-likeness (QED) is 0.516. The van der Waals surface area contributed by atoms with E-state index in [4.69, 9.17) is 4.52 Å². The highest BCUT2D eigenvalue weighted by Gasteiger charge is 2.28. The molecule has 8 nitrogen and oxygen atoms in total. The summed E-state index contributed by atoms with van der Waals surface area (Å²) >= 11 is 1.57. The maximum absolute atomic E-state index is 13.1. The van der Waals surface area contributed by atoms with Crippen molar-refractivity contribution < 1.29 is 14.1 Å². The minimum absolute atomic E-state index is 0.0678. The van der Waals surface area contributed by atoms with E-state index in [-0.39, 0.29) is 23.8 Å². The molecule has 2 N–H and O–H groups in total. The van der Waals surface area contributed by atoms with E-state index in [0.717, 1.165) is 30.7 Å². The number of para-hydroxylation sites is 1. The van der Waals surface area contributed by atoms with Crippen LogP contribution in [-0.2, 0) is 11.3 Å². The van der Waals surface area contributed by atoms with Crippen LogP contribution in [-0.4, -0.2) is 46.0 Å². The van der Waals surface area contributed by atoms with Crippen molar-refractivity contribution in [1.82, 2.24) is 20.4 Å². The van der Waals surface area contributed by atoms with Crippen LogP contribution < -0.4 is 10.6 Å². The summed E-state index contributed by atoms with van der Waals surface area (Å²) in [4.78, 5) is 33.3. The normalized spacial score (nSPS) is 17.5. The van der Waals surface area contributed by atoms with E-state index in [1.807, 2.05) is 37.4 Å². The first-order chi connectivity index (χ1) is 16.0. The van der Waals surface area contributed by atoms with Gasteiger partial charge in [-0.2, -0.15) is 4.98 Å². The van der Waals surface area contributed by atoms with Gasteiger partial charge < -0.3 is 15.2 Å². The first-order valence-electron chi connectivity index (χ1n) is 11.3. The summed E-state index contributed by atoms with van der Waals surface area (Å²) in [6.45, 7) is 5.96. The number of carbonyl (C=O) groups is 2. The number of rotatable bonds is 8. The lowest BCUT2D eigenvalue weighted by Crippen LogP contribution is -2.40. The Hall–Kier alpha value is -3.04. The lowest BCUT2D eigenvalue weighted by Gasteiger charge is -2.31. The van der Waals surface area contributed by atoms with E-state index in [9.17, 15) is 9.59 Å². The van der Waals surface area contributed by atoms with Gasteiger partial charge in [0.2, 0.25) is 17.6 Å². The molecule has 2 unspecified atom stereocenters. The zero-order valence-electron chi connectivity index (χ0n) is 18.9. The van der Waals surface area contributed by atoms with Gasteiger partial charge in [-0.3, -0.25) is 14.5 Å². The van der Waals surface area contributed by atoms with Gasteiger partial charge in [-0.1, -0.05) is 30.3 Å². The molecule has 2 atom stereocenters. The zero-order valence-corrected chi connectivity index (χ0v) is 19.7. The molecular formula is C24H29N5O3S. The van der Waals surface area contributed by atoms with Crippen LogP contribution in [0.4, 0.5) is 5.69 Å². The molecule has 1 aliphatic rings. The van der Waals surface area contributed by atoms with Crippen LogP contribution in [0.25, 0.3) is 10.7 Å². The number of hydrogen-bond acceptors (Lipinski definition) is 7. The zero-order chi connectivity index (χ0) is 23.2. The number of benzene rings is 1. The van der Waals surface area contributed by atoms with Crippen LogP contribution in [0, 0.1) is 5.92 Å². The van der Waals surface area contributed by atoms with Gasteiger partial charge in [-0.15, -0.1) is 11.3 Å². The second-order valence-corrected chi connectivity index (χ2v) is 9.33. The molecule has 4 rings (SSSR count). The van der Waals surface area contributed by atoms with Gasteiger partial charge in [0.05, 0.1) is 28.6 Å². The van der Waals surface area contributed by atoms with Gasteiger partial charge >= 0.3 is 0 Å². The maximum Gasteiger partial charge on any atom is 0.253 e. The Labute approximate surface area is 197 Å². The molecule has 2 aromatic heterocycles. The molecule has 3 heterocycles. The van der Waals surface area contributed by atoms with Gasteiger partial charge in [0.1, 0.15) is 0 Å². The largest absolute Gasteiger partial charge is 0.350 e. The van der Waals surface area contributed by atoms with Crippen LogP contribution >= 0.6 is 11.3 Å². The third-order valence-corrected chi connectivity index (χ3v) is 6.73. The molecule has 174 valence electrons. The Morgan fingerprint density at radius 2 is 2.12 bits per heavy atom. The molecule has 1 aromatic carbocycles. The van der Waals surface area contributed by atoms with Gasteiger partial charge in [-0.05, 0) is 56.3 Å². The minimum atomic E-state index is -0.177. The van der Waals surface area contributed by atoms with Crippen LogP contribution in [0.3, 0.4) is 0 Å². The fraction of sp³-hybridized carbons (Fsp3) is 0.417. The number of nitrogens with one attached hydrogen (secondary N) is 2. The number of piperidine rings is 1. The van der Waals surface area contributed by atoms with E-state index < -0.39 is 0 Å². The lowest BCUT2D eigenvalue weighted by molar-refractivity contribution is -0.121. The number of anilines is 1. The summed E-state index contributed by atoms with van der Waals surface area (Å²) in [5, 5.41) is 12.0. The predicted molar refractivity (Wildman–Crippen MR) is 128 cm³/mol. The van der Waals surface area contributed by atoms with Crippen LogP contribution in [0.1, 0.15) is 49.4 Å². The maximum atomic E-state index is 13.1. The SMILES string of the molecule is CCC(C)NC(=O)c1ccccc1NC(=O)C1CCCN(Cc2nc(-c3cccs3)no2)C1. The van der Waals surface area contributed by atoms with Crippen LogP contribution in [0.15, 0.2) is 46.3 Å². The molecule has 3 aromatic rings. The molecule has 1 aliphatic heterocycles. The van der Waals surface area contributed by atoms with E-state index in [1.54, 1.807) is 29.5 Å². The second-order valence-electron chi connectivity index (χ2n) is 8.38. The Morgan fingerprint density at radius 1 is 1.27 bits per heavy atom. The van der Waals surface area contributed by atoms with E-state index in [1.165, 1.54) is 0 Å². The van der Waals surface area contributed by atoms with Crippen molar-refractivity contribution in [3.63, 3.8) is 0 Å². The average molecular weight is 468 g/mol. The molecule has 0 aliphatic carbocycles. The van der Waals surface area contributed by atoms with Crippen molar-refractivity contribution in [2.24, 2.45) is 5.92 Å². The average Bonchev–Trinajstić information content (AvgIpc) is 3.51. The molecule has 1 fully saturated rings. The summed E-state index contributed by atoms with van der Waals surface area (Å²) < 4.78 is 5.42. The number of nitrogens with zero attached hydrogens (tertiary/aromatic N) is 3. The molecule has 0 radical (unpaired) electrons. The Bertz CT molecular complexity index is 1080. The third kappa shape index (κ3) is 5.85. The summed E-state index contributed by atoms with van der Waals surface area (Å²) in [7, 11) is 0. The van der Waals surface area contributed by atoms with Crippen LogP contribution in [0.5, 0.6) is 0 Å². The summed E-state index contributed by atoms with van der Waals surface area (Å²) in [6.07, 6.45) is 2.54.